The third-order valence-electron chi connectivity index (χ3n) is 7.26. The number of aromatic nitrogens is 4. The normalized spacial score (nSPS) is 25.6. The first kappa shape index (κ1) is 26.5. The van der Waals surface area contributed by atoms with E-state index < -0.39 is 39.7 Å². The largest absolute Gasteiger partial charge is 0.389 e. The number of imidazole rings is 1. The predicted molar refractivity (Wildman–Crippen MR) is 134 cm³/mol. The molecule has 0 radical (unpaired) electrons. The van der Waals surface area contributed by atoms with Gasteiger partial charge in [0.2, 0.25) is 11.7 Å². The van der Waals surface area contributed by atoms with E-state index in [1.807, 2.05) is 0 Å². The highest BCUT2D eigenvalue weighted by atomic mass is 32.2. The van der Waals surface area contributed by atoms with E-state index in [4.69, 9.17) is 11.0 Å². The van der Waals surface area contributed by atoms with Crippen molar-refractivity contribution in [3.63, 3.8) is 0 Å². The first-order valence-corrected chi connectivity index (χ1v) is 13.0. The minimum atomic E-state index is -4.26. The van der Waals surface area contributed by atoms with Crippen LogP contribution in [0.2, 0.25) is 0 Å². The lowest BCUT2D eigenvalue weighted by Crippen LogP contribution is -2.47. The van der Waals surface area contributed by atoms with E-state index in [0.29, 0.717) is 29.9 Å². The van der Waals surface area contributed by atoms with Crippen LogP contribution in [-0.2, 0) is 21.3 Å². The number of carbonyl (C=O) groups is 1. The Balaban J connectivity index is 1.62. The zero-order valence-electron chi connectivity index (χ0n) is 20.5. The highest BCUT2D eigenvalue weighted by Gasteiger charge is 2.60. The number of nitrogens with zero attached hydrogens (tertiary/aromatic N) is 4. The van der Waals surface area contributed by atoms with Crippen molar-refractivity contribution in [2.24, 2.45) is 11.3 Å². The molecule has 0 saturated heterocycles. The number of amides is 1. The molecular weight excluding hydrogens is 500 g/mol. The molecule has 1 fully saturated rings. The lowest BCUT2D eigenvalue weighted by Gasteiger charge is -2.31. The van der Waals surface area contributed by atoms with Crippen molar-refractivity contribution in [3.8, 4) is 12.3 Å². The summed E-state index contributed by atoms with van der Waals surface area (Å²) in [6.45, 7) is 3.78. The second-order valence-corrected chi connectivity index (χ2v) is 10.7. The second kappa shape index (κ2) is 9.71. The van der Waals surface area contributed by atoms with Gasteiger partial charge in [0, 0.05) is 13.6 Å². The van der Waals surface area contributed by atoms with Gasteiger partial charge in [-0.15, -0.1) is 6.42 Å². The molecule has 2 aromatic heterocycles. The summed E-state index contributed by atoms with van der Waals surface area (Å²) in [7, 11) is -2.78. The monoisotopic (exact) mass is 528 g/mol. The standard InChI is InChI=1S/C24H28N6O6S/c1-5-16-28-21(26-11-10-14-6-8-15(9-7-14)37(34,35)36)17-22(29-16)30(12-27-17)18-13(2)24(3,23(33)25-4)20(32)19(18)31/h1,6-9,12-13,18-20,31-32H,10-11H2,2-4H3,(H,25,33)(H,26,28,29)(H,34,35,36)/t13-,18-,19+,20+,24+/m1/s1. The molecule has 3 aromatic rings. The van der Waals surface area contributed by atoms with E-state index >= 15 is 0 Å². The molecule has 2 heterocycles. The summed E-state index contributed by atoms with van der Waals surface area (Å²) in [4.78, 5) is 25.6. The Morgan fingerprint density at radius 2 is 1.92 bits per heavy atom. The van der Waals surface area contributed by atoms with Crippen molar-refractivity contribution in [2.45, 2.75) is 43.4 Å². The fourth-order valence-corrected chi connectivity index (χ4v) is 5.43. The third-order valence-corrected chi connectivity index (χ3v) is 8.13. The van der Waals surface area contributed by atoms with Crippen LogP contribution in [0.25, 0.3) is 11.2 Å². The van der Waals surface area contributed by atoms with E-state index in [-0.39, 0.29) is 16.6 Å². The van der Waals surface area contributed by atoms with Gasteiger partial charge in [0.1, 0.15) is 6.10 Å². The Labute approximate surface area is 213 Å². The summed E-state index contributed by atoms with van der Waals surface area (Å²) in [5.74, 6) is 1.99. The number of terminal acetylenes is 1. The van der Waals surface area contributed by atoms with E-state index in [1.165, 1.54) is 25.5 Å². The van der Waals surface area contributed by atoms with Crippen LogP contribution < -0.4 is 10.6 Å². The molecule has 1 saturated carbocycles. The average molecular weight is 529 g/mol. The molecule has 4 rings (SSSR count). The van der Waals surface area contributed by atoms with Gasteiger partial charge in [0.15, 0.2) is 17.0 Å². The molecular formula is C24H28N6O6S. The van der Waals surface area contributed by atoms with E-state index in [9.17, 15) is 23.4 Å². The topological polar surface area (TPSA) is 180 Å². The molecule has 196 valence electrons. The van der Waals surface area contributed by atoms with Crippen LogP contribution in [0.4, 0.5) is 5.82 Å². The van der Waals surface area contributed by atoms with Crippen molar-refractivity contribution in [2.75, 3.05) is 18.9 Å². The number of nitrogens with one attached hydrogen (secondary N) is 2. The van der Waals surface area contributed by atoms with E-state index in [2.05, 4.69) is 31.5 Å². The van der Waals surface area contributed by atoms with E-state index in [0.717, 1.165) is 5.56 Å². The summed E-state index contributed by atoms with van der Waals surface area (Å²) < 4.78 is 33.2. The average Bonchev–Trinajstić information content (AvgIpc) is 3.36. The Morgan fingerprint density at radius 3 is 2.51 bits per heavy atom. The molecule has 37 heavy (non-hydrogen) atoms. The predicted octanol–water partition coefficient (Wildman–Crippen LogP) is 0.374. The number of aliphatic hydroxyl groups excluding tert-OH is 2. The van der Waals surface area contributed by atoms with Gasteiger partial charge in [-0.1, -0.05) is 19.1 Å². The fourth-order valence-electron chi connectivity index (χ4n) is 4.95. The number of fused-ring (bicyclic) bond motifs is 1. The van der Waals surface area contributed by atoms with Crippen molar-refractivity contribution in [3.05, 3.63) is 42.0 Å². The third kappa shape index (κ3) is 4.53. The Morgan fingerprint density at radius 1 is 1.24 bits per heavy atom. The number of rotatable bonds is 7. The van der Waals surface area contributed by atoms with E-state index in [1.54, 1.807) is 30.5 Å². The molecule has 0 bridgehead atoms. The molecule has 1 aliphatic rings. The second-order valence-electron chi connectivity index (χ2n) is 9.24. The summed E-state index contributed by atoms with van der Waals surface area (Å²) in [5.41, 5.74) is 0.303. The van der Waals surface area contributed by atoms with Crippen molar-refractivity contribution in [1.82, 2.24) is 24.8 Å². The molecule has 1 aliphatic carbocycles. The quantitative estimate of drug-likeness (QED) is 0.212. The van der Waals surface area contributed by atoms with Crippen LogP contribution in [0.3, 0.4) is 0 Å². The minimum absolute atomic E-state index is 0.0870. The molecule has 0 aliphatic heterocycles. The highest BCUT2D eigenvalue weighted by Crippen LogP contribution is 2.50. The van der Waals surface area contributed by atoms with Gasteiger partial charge >= 0.3 is 0 Å². The number of anilines is 1. The minimum Gasteiger partial charge on any atom is -0.389 e. The molecule has 1 aromatic carbocycles. The Kier molecular flexibility index (Phi) is 6.95. The molecule has 0 unspecified atom stereocenters. The number of hydrogen-bond donors (Lipinski definition) is 5. The maximum Gasteiger partial charge on any atom is 0.294 e. The van der Waals surface area contributed by atoms with Gasteiger partial charge < -0.3 is 25.4 Å². The lowest BCUT2D eigenvalue weighted by atomic mass is 9.77. The van der Waals surface area contributed by atoms with Gasteiger partial charge in [0.05, 0.1) is 28.8 Å². The van der Waals surface area contributed by atoms with Gasteiger partial charge in [0.25, 0.3) is 10.1 Å². The highest BCUT2D eigenvalue weighted by molar-refractivity contribution is 7.85. The van der Waals surface area contributed by atoms with Gasteiger partial charge in [-0.2, -0.15) is 8.42 Å². The summed E-state index contributed by atoms with van der Waals surface area (Å²) >= 11 is 0. The van der Waals surface area contributed by atoms with Crippen LogP contribution in [0.15, 0.2) is 35.5 Å². The van der Waals surface area contributed by atoms with Crippen molar-refractivity contribution >= 4 is 33.0 Å². The fraction of sp³-hybridized carbons (Fsp3) is 0.417. The number of hydrogen-bond acceptors (Lipinski definition) is 9. The van der Waals surface area contributed by atoms with Gasteiger partial charge in [-0.3, -0.25) is 9.35 Å². The van der Waals surface area contributed by atoms with Crippen LogP contribution >= 0.6 is 0 Å². The first-order chi connectivity index (χ1) is 17.4. The zero-order chi connectivity index (χ0) is 27.1. The molecule has 5 atom stereocenters. The summed E-state index contributed by atoms with van der Waals surface area (Å²) in [6.07, 6.45) is 4.98. The number of aliphatic hydroxyl groups is 2. The van der Waals surface area contributed by atoms with Crippen LogP contribution in [-0.4, -0.2) is 74.4 Å². The Hall–Kier alpha value is -3.57. The Bertz CT molecular complexity index is 1480. The molecule has 5 N–H and O–H groups in total. The SMILES string of the molecule is C#Cc1nc(NCCc2ccc(S(=O)(=O)O)cc2)c2ncn([C@H]3[C@H](O)[C@H](O)[C@@](C)(C(=O)NC)[C@@H]3C)c2n1. The van der Waals surface area contributed by atoms with Crippen molar-refractivity contribution in [1.29, 1.82) is 0 Å². The van der Waals surface area contributed by atoms with Crippen LogP contribution in [0.5, 0.6) is 0 Å². The molecule has 1 amide bonds. The lowest BCUT2D eigenvalue weighted by molar-refractivity contribution is -0.139. The molecule has 0 spiro atoms. The van der Waals surface area contributed by atoms with Gasteiger partial charge in [-0.05, 0) is 42.9 Å². The number of benzene rings is 1. The summed E-state index contributed by atoms with van der Waals surface area (Å²) in [6, 6.07) is 5.12. The zero-order valence-corrected chi connectivity index (χ0v) is 21.3. The van der Waals surface area contributed by atoms with Crippen LogP contribution in [0, 0.1) is 23.7 Å². The summed E-state index contributed by atoms with van der Waals surface area (Å²) in [5, 5.41) is 27.5. The van der Waals surface area contributed by atoms with Crippen molar-refractivity contribution < 1.29 is 28.0 Å². The number of carbonyl (C=O) groups excluding carboxylic acids is 1. The maximum atomic E-state index is 12.6. The maximum absolute atomic E-state index is 12.6. The molecule has 12 nitrogen and oxygen atoms in total. The van der Waals surface area contributed by atoms with Crippen LogP contribution in [0.1, 0.15) is 31.3 Å². The smallest absolute Gasteiger partial charge is 0.294 e. The van der Waals surface area contributed by atoms with Gasteiger partial charge in [-0.25, -0.2) is 15.0 Å². The molecule has 13 heteroatoms. The first-order valence-electron chi connectivity index (χ1n) is 11.5.